The lowest BCUT2D eigenvalue weighted by Crippen LogP contribution is -2.30. The molecule has 0 aliphatic carbocycles. The monoisotopic (exact) mass is 184 g/mol. The van der Waals surface area contributed by atoms with E-state index in [0.29, 0.717) is 0 Å². The van der Waals surface area contributed by atoms with Crippen LogP contribution in [0.1, 0.15) is 19.5 Å². The molecule has 1 rings (SSSR count). The van der Waals surface area contributed by atoms with Crippen molar-refractivity contribution in [1.29, 1.82) is 0 Å². The second-order valence-electron chi connectivity index (χ2n) is 3.24. The molecule has 0 bridgehead atoms. The molecule has 0 aliphatic rings. The molecule has 4 nitrogen and oxygen atoms in total. The predicted octanol–water partition coefficient (Wildman–Crippen LogP) is 0.757. The van der Waals surface area contributed by atoms with Crippen LogP contribution in [-0.2, 0) is 16.9 Å². The number of aryl methyl sites for hydroxylation is 1. The Labute approximate surface area is 78.1 Å². The van der Waals surface area contributed by atoms with E-state index >= 15 is 0 Å². The van der Waals surface area contributed by atoms with Crippen molar-refractivity contribution in [2.24, 2.45) is 0 Å². The number of hydrogen-bond acceptors (Lipinski definition) is 3. The molecule has 74 valence electrons. The number of hydrogen-bond donors (Lipinski definition) is 1. The lowest BCUT2D eigenvalue weighted by atomic mass is 10.0. The van der Waals surface area contributed by atoms with E-state index in [4.69, 9.17) is 4.74 Å². The van der Waals surface area contributed by atoms with E-state index in [9.17, 15) is 5.11 Å². The molecule has 1 aromatic heterocycles. The van der Waals surface area contributed by atoms with Gasteiger partial charge >= 0.3 is 0 Å². The van der Waals surface area contributed by atoms with Gasteiger partial charge in [-0.2, -0.15) is 5.10 Å². The molecule has 0 saturated carbocycles. The third kappa shape index (κ3) is 2.08. The Hall–Kier alpha value is -0.870. The van der Waals surface area contributed by atoms with E-state index in [1.165, 1.54) is 0 Å². The largest absolute Gasteiger partial charge is 0.381 e. The first kappa shape index (κ1) is 10.2. The fourth-order valence-electron chi connectivity index (χ4n) is 1.40. The number of ether oxygens (including phenoxy) is 1. The van der Waals surface area contributed by atoms with Crippen molar-refractivity contribution >= 4 is 0 Å². The Morgan fingerprint density at radius 1 is 1.69 bits per heavy atom. The van der Waals surface area contributed by atoms with Gasteiger partial charge in [0, 0.05) is 19.9 Å². The van der Waals surface area contributed by atoms with Crippen molar-refractivity contribution in [3.8, 4) is 0 Å². The minimum absolute atomic E-state index is 0.276. The lowest BCUT2D eigenvalue weighted by molar-refractivity contribution is -0.0270. The first-order valence-electron chi connectivity index (χ1n) is 4.35. The summed E-state index contributed by atoms with van der Waals surface area (Å²) < 4.78 is 6.70. The molecule has 0 spiro atoms. The Morgan fingerprint density at radius 2 is 2.38 bits per heavy atom. The van der Waals surface area contributed by atoms with E-state index in [0.717, 1.165) is 12.2 Å². The Morgan fingerprint density at radius 3 is 2.92 bits per heavy atom. The van der Waals surface area contributed by atoms with Crippen LogP contribution in [0.4, 0.5) is 0 Å². The predicted molar refractivity (Wildman–Crippen MR) is 49.3 cm³/mol. The molecular weight excluding hydrogens is 168 g/mol. The molecule has 1 heterocycles. The third-order valence-electron chi connectivity index (χ3n) is 1.99. The summed E-state index contributed by atoms with van der Waals surface area (Å²) in [4.78, 5) is 0. The summed E-state index contributed by atoms with van der Waals surface area (Å²) in [5.41, 5.74) is -0.168. The van der Waals surface area contributed by atoms with Gasteiger partial charge in [-0.25, -0.2) is 0 Å². The van der Waals surface area contributed by atoms with Crippen LogP contribution in [0.15, 0.2) is 12.3 Å². The van der Waals surface area contributed by atoms with E-state index in [-0.39, 0.29) is 6.61 Å². The van der Waals surface area contributed by atoms with Crippen LogP contribution in [0, 0.1) is 0 Å². The molecule has 0 aromatic carbocycles. The molecule has 0 aliphatic heterocycles. The SMILES string of the molecule is CCn1nccc1C(C)(O)COC. The highest BCUT2D eigenvalue weighted by Crippen LogP contribution is 2.19. The number of rotatable bonds is 4. The Balaban J connectivity index is 2.91. The zero-order valence-corrected chi connectivity index (χ0v) is 8.32. The minimum Gasteiger partial charge on any atom is -0.381 e. The summed E-state index contributed by atoms with van der Waals surface area (Å²) in [6.45, 7) is 4.74. The highest BCUT2D eigenvalue weighted by molar-refractivity contribution is 5.10. The van der Waals surface area contributed by atoms with Crippen molar-refractivity contribution in [2.75, 3.05) is 13.7 Å². The number of aromatic nitrogens is 2. The summed E-state index contributed by atoms with van der Waals surface area (Å²) in [5.74, 6) is 0. The number of aliphatic hydroxyl groups is 1. The molecule has 1 atom stereocenters. The Bertz CT molecular complexity index is 268. The van der Waals surface area contributed by atoms with Crippen LogP contribution in [0.5, 0.6) is 0 Å². The second kappa shape index (κ2) is 3.89. The van der Waals surface area contributed by atoms with Crippen LogP contribution in [0.2, 0.25) is 0 Å². The second-order valence-corrected chi connectivity index (χ2v) is 3.24. The zero-order chi connectivity index (χ0) is 9.90. The first-order chi connectivity index (χ1) is 6.11. The van der Waals surface area contributed by atoms with Gasteiger partial charge in [-0.1, -0.05) is 0 Å². The fraction of sp³-hybridized carbons (Fsp3) is 0.667. The van der Waals surface area contributed by atoms with Crippen molar-refractivity contribution < 1.29 is 9.84 Å². The van der Waals surface area contributed by atoms with Crippen LogP contribution in [-0.4, -0.2) is 28.6 Å². The highest BCUT2D eigenvalue weighted by atomic mass is 16.5. The molecule has 1 N–H and O–H groups in total. The maximum absolute atomic E-state index is 10.0. The van der Waals surface area contributed by atoms with Gasteiger partial charge in [0.2, 0.25) is 0 Å². The first-order valence-corrected chi connectivity index (χ1v) is 4.35. The van der Waals surface area contributed by atoms with Gasteiger partial charge in [0.05, 0.1) is 12.3 Å². The third-order valence-corrected chi connectivity index (χ3v) is 1.99. The molecular formula is C9H16N2O2. The van der Waals surface area contributed by atoms with Crippen LogP contribution in [0.25, 0.3) is 0 Å². The zero-order valence-electron chi connectivity index (χ0n) is 8.32. The number of nitrogens with zero attached hydrogens (tertiary/aromatic N) is 2. The molecule has 1 aromatic rings. The summed E-state index contributed by atoms with van der Waals surface area (Å²) in [6, 6.07) is 1.81. The topological polar surface area (TPSA) is 47.3 Å². The van der Waals surface area contributed by atoms with E-state index in [1.54, 1.807) is 24.9 Å². The quantitative estimate of drug-likeness (QED) is 0.751. The minimum atomic E-state index is -0.957. The van der Waals surface area contributed by atoms with Crippen molar-refractivity contribution in [3.05, 3.63) is 18.0 Å². The van der Waals surface area contributed by atoms with Gasteiger partial charge in [-0.3, -0.25) is 4.68 Å². The molecule has 13 heavy (non-hydrogen) atoms. The summed E-state index contributed by atoms with van der Waals surface area (Å²) in [6.07, 6.45) is 1.68. The van der Waals surface area contributed by atoms with Crippen LogP contribution >= 0.6 is 0 Å². The molecule has 0 amide bonds. The van der Waals surface area contributed by atoms with Crippen LogP contribution < -0.4 is 0 Å². The Kier molecular flexibility index (Phi) is 3.06. The van der Waals surface area contributed by atoms with Gasteiger partial charge in [0.25, 0.3) is 0 Å². The summed E-state index contributed by atoms with van der Waals surface area (Å²) in [7, 11) is 1.57. The van der Waals surface area contributed by atoms with E-state index in [2.05, 4.69) is 5.10 Å². The lowest BCUT2D eigenvalue weighted by Gasteiger charge is -2.22. The number of methoxy groups -OCH3 is 1. The maximum Gasteiger partial charge on any atom is 0.126 e. The average Bonchev–Trinajstić information content (AvgIpc) is 2.51. The summed E-state index contributed by atoms with van der Waals surface area (Å²) >= 11 is 0. The van der Waals surface area contributed by atoms with Crippen molar-refractivity contribution in [3.63, 3.8) is 0 Å². The van der Waals surface area contributed by atoms with Crippen molar-refractivity contribution in [2.45, 2.75) is 26.0 Å². The fourth-order valence-corrected chi connectivity index (χ4v) is 1.40. The van der Waals surface area contributed by atoms with E-state index in [1.807, 2.05) is 13.0 Å². The maximum atomic E-state index is 10.0. The molecule has 0 radical (unpaired) electrons. The van der Waals surface area contributed by atoms with Gasteiger partial charge in [-0.05, 0) is 19.9 Å². The standard InChI is InChI=1S/C9H16N2O2/c1-4-11-8(5-6-10-11)9(2,12)7-13-3/h5-6,12H,4,7H2,1-3H3. The average molecular weight is 184 g/mol. The van der Waals surface area contributed by atoms with Crippen LogP contribution in [0.3, 0.4) is 0 Å². The molecule has 4 heteroatoms. The van der Waals surface area contributed by atoms with Gasteiger partial charge < -0.3 is 9.84 Å². The van der Waals surface area contributed by atoms with E-state index < -0.39 is 5.60 Å². The molecule has 0 saturated heterocycles. The molecule has 1 unspecified atom stereocenters. The van der Waals surface area contributed by atoms with Gasteiger partial charge in [0.15, 0.2) is 0 Å². The smallest absolute Gasteiger partial charge is 0.126 e. The van der Waals surface area contributed by atoms with Gasteiger partial charge in [0.1, 0.15) is 5.60 Å². The normalized spacial score (nSPS) is 15.7. The molecule has 0 fully saturated rings. The van der Waals surface area contributed by atoms with Gasteiger partial charge in [-0.15, -0.1) is 0 Å². The summed E-state index contributed by atoms with van der Waals surface area (Å²) in [5, 5.41) is 14.1. The highest BCUT2D eigenvalue weighted by Gasteiger charge is 2.26. The van der Waals surface area contributed by atoms with Crippen molar-refractivity contribution in [1.82, 2.24) is 9.78 Å².